The van der Waals surface area contributed by atoms with Gasteiger partial charge in [0.15, 0.2) is 0 Å². The zero-order chi connectivity index (χ0) is 13.9. The van der Waals surface area contributed by atoms with E-state index in [2.05, 4.69) is 31.1 Å². The minimum absolute atomic E-state index is 0.0298. The highest BCUT2D eigenvalue weighted by Crippen LogP contribution is 2.24. The molecular weight excluding hydrogens is 236 g/mol. The molecular formula is C16H20N2O. The lowest BCUT2D eigenvalue weighted by Gasteiger charge is -2.22. The number of pyridine rings is 1. The van der Waals surface area contributed by atoms with E-state index in [1.54, 1.807) is 12.4 Å². The van der Waals surface area contributed by atoms with Gasteiger partial charge >= 0.3 is 0 Å². The second-order valence-corrected chi connectivity index (χ2v) is 5.70. The molecule has 0 aliphatic carbocycles. The van der Waals surface area contributed by atoms with E-state index in [-0.39, 0.29) is 5.54 Å². The fraction of sp³-hybridized carbons (Fsp3) is 0.312. The van der Waals surface area contributed by atoms with E-state index in [9.17, 15) is 5.11 Å². The van der Waals surface area contributed by atoms with Gasteiger partial charge in [0, 0.05) is 23.5 Å². The van der Waals surface area contributed by atoms with Gasteiger partial charge < -0.3 is 10.4 Å². The van der Waals surface area contributed by atoms with Gasteiger partial charge in [-0.1, -0.05) is 30.3 Å². The molecule has 1 unspecified atom stereocenters. The molecule has 0 radical (unpaired) electrons. The van der Waals surface area contributed by atoms with E-state index in [0.717, 1.165) is 16.8 Å². The number of benzene rings is 1. The molecule has 0 saturated heterocycles. The topological polar surface area (TPSA) is 45.2 Å². The summed E-state index contributed by atoms with van der Waals surface area (Å²) in [5.74, 6) is 0. The molecule has 1 aromatic carbocycles. The smallest absolute Gasteiger partial charge is 0.106 e. The fourth-order valence-electron chi connectivity index (χ4n) is 1.94. The second-order valence-electron chi connectivity index (χ2n) is 5.70. The highest BCUT2D eigenvalue weighted by molar-refractivity contribution is 5.46. The van der Waals surface area contributed by atoms with Gasteiger partial charge in [0.25, 0.3) is 0 Å². The van der Waals surface area contributed by atoms with Crippen LogP contribution in [0.4, 0.5) is 5.69 Å². The Kier molecular flexibility index (Phi) is 3.86. The van der Waals surface area contributed by atoms with Crippen molar-refractivity contribution in [1.82, 2.24) is 4.98 Å². The number of rotatable bonds is 3. The highest BCUT2D eigenvalue weighted by Gasteiger charge is 2.13. The largest absolute Gasteiger partial charge is 0.384 e. The number of aliphatic hydroxyl groups excluding tert-OH is 1. The third kappa shape index (κ3) is 3.80. The number of anilines is 1. The molecule has 0 amide bonds. The third-order valence-corrected chi connectivity index (χ3v) is 2.71. The van der Waals surface area contributed by atoms with Crippen molar-refractivity contribution < 1.29 is 5.11 Å². The van der Waals surface area contributed by atoms with Crippen LogP contribution in [0.2, 0.25) is 0 Å². The van der Waals surface area contributed by atoms with E-state index >= 15 is 0 Å². The lowest BCUT2D eigenvalue weighted by atomic mass is 10.0. The van der Waals surface area contributed by atoms with Crippen molar-refractivity contribution in [3.8, 4) is 0 Å². The van der Waals surface area contributed by atoms with Crippen LogP contribution in [0.25, 0.3) is 0 Å². The van der Waals surface area contributed by atoms with E-state index in [4.69, 9.17) is 0 Å². The number of aliphatic hydroxyl groups is 1. The zero-order valence-corrected chi connectivity index (χ0v) is 11.6. The molecule has 0 bridgehead atoms. The number of hydrogen-bond acceptors (Lipinski definition) is 3. The van der Waals surface area contributed by atoms with Crippen molar-refractivity contribution in [2.75, 3.05) is 5.32 Å². The summed E-state index contributed by atoms with van der Waals surface area (Å²) in [6, 6.07) is 11.5. The van der Waals surface area contributed by atoms with Crippen molar-refractivity contribution in [3.63, 3.8) is 0 Å². The van der Waals surface area contributed by atoms with Gasteiger partial charge in [-0.2, -0.15) is 0 Å². The van der Waals surface area contributed by atoms with Crippen LogP contribution in [0.15, 0.2) is 48.8 Å². The Morgan fingerprint density at radius 3 is 2.37 bits per heavy atom. The first-order valence-electron chi connectivity index (χ1n) is 6.42. The Labute approximate surface area is 114 Å². The van der Waals surface area contributed by atoms with Gasteiger partial charge in [0.1, 0.15) is 6.10 Å². The van der Waals surface area contributed by atoms with Crippen molar-refractivity contribution in [2.45, 2.75) is 32.4 Å². The summed E-state index contributed by atoms with van der Waals surface area (Å²) >= 11 is 0. The van der Waals surface area contributed by atoms with E-state index < -0.39 is 6.10 Å². The number of aromatic nitrogens is 1. The Hall–Kier alpha value is -1.87. The van der Waals surface area contributed by atoms with Crippen molar-refractivity contribution >= 4 is 5.69 Å². The van der Waals surface area contributed by atoms with Gasteiger partial charge in [-0.3, -0.25) is 4.98 Å². The average molecular weight is 256 g/mol. The van der Waals surface area contributed by atoms with Gasteiger partial charge in [-0.25, -0.2) is 0 Å². The monoisotopic (exact) mass is 256 g/mol. The normalized spacial score (nSPS) is 13.1. The van der Waals surface area contributed by atoms with E-state index in [1.165, 1.54) is 0 Å². The summed E-state index contributed by atoms with van der Waals surface area (Å²) in [7, 11) is 0. The molecule has 2 rings (SSSR count). The van der Waals surface area contributed by atoms with Crippen molar-refractivity contribution in [3.05, 3.63) is 59.9 Å². The molecule has 0 saturated carbocycles. The maximum Gasteiger partial charge on any atom is 0.106 e. The molecule has 1 heterocycles. The molecule has 3 nitrogen and oxygen atoms in total. The van der Waals surface area contributed by atoms with Crippen LogP contribution in [-0.2, 0) is 0 Å². The standard InChI is InChI=1S/C16H20N2O/c1-16(2,3)18-14-9-13(10-17-11-14)15(19)12-7-5-4-6-8-12/h4-11,15,18-19H,1-3H3. The quantitative estimate of drug-likeness (QED) is 0.885. The molecule has 0 spiro atoms. The molecule has 1 aromatic heterocycles. The Balaban J connectivity index is 2.24. The molecule has 1 atom stereocenters. The summed E-state index contributed by atoms with van der Waals surface area (Å²) in [6.07, 6.45) is 2.83. The van der Waals surface area contributed by atoms with Crippen molar-refractivity contribution in [1.29, 1.82) is 0 Å². The van der Waals surface area contributed by atoms with Crippen LogP contribution in [0.5, 0.6) is 0 Å². The number of hydrogen-bond donors (Lipinski definition) is 2. The maximum absolute atomic E-state index is 10.3. The summed E-state index contributed by atoms with van der Waals surface area (Å²) in [5, 5.41) is 13.7. The molecule has 3 heteroatoms. The minimum atomic E-state index is -0.643. The summed E-state index contributed by atoms with van der Waals surface area (Å²) in [6.45, 7) is 6.27. The highest BCUT2D eigenvalue weighted by atomic mass is 16.3. The average Bonchev–Trinajstić information content (AvgIpc) is 2.37. The first kappa shape index (κ1) is 13.6. The van der Waals surface area contributed by atoms with E-state index in [0.29, 0.717) is 0 Å². The van der Waals surface area contributed by atoms with E-state index in [1.807, 2.05) is 36.4 Å². The Bertz CT molecular complexity index is 532. The zero-order valence-electron chi connectivity index (χ0n) is 11.6. The molecule has 0 fully saturated rings. The summed E-state index contributed by atoms with van der Waals surface area (Å²) < 4.78 is 0. The fourth-order valence-corrected chi connectivity index (χ4v) is 1.94. The first-order chi connectivity index (χ1) is 8.96. The minimum Gasteiger partial charge on any atom is -0.384 e. The van der Waals surface area contributed by atoms with Crippen LogP contribution in [0, 0.1) is 0 Å². The third-order valence-electron chi connectivity index (χ3n) is 2.71. The SMILES string of the molecule is CC(C)(C)Nc1cncc(C(O)c2ccccc2)c1. The predicted molar refractivity (Wildman–Crippen MR) is 78.1 cm³/mol. The van der Waals surface area contributed by atoms with Crippen LogP contribution < -0.4 is 5.32 Å². The Morgan fingerprint density at radius 2 is 1.74 bits per heavy atom. The van der Waals surface area contributed by atoms with Crippen LogP contribution in [-0.4, -0.2) is 15.6 Å². The maximum atomic E-state index is 10.3. The summed E-state index contributed by atoms with van der Waals surface area (Å²) in [5.41, 5.74) is 2.55. The molecule has 0 aliphatic heterocycles. The van der Waals surface area contributed by atoms with Gasteiger partial charge in [0.05, 0.1) is 5.69 Å². The molecule has 2 N–H and O–H groups in total. The Morgan fingerprint density at radius 1 is 1.05 bits per heavy atom. The molecule has 2 aromatic rings. The number of nitrogens with one attached hydrogen (secondary N) is 1. The van der Waals surface area contributed by atoms with Crippen LogP contribution in [0.1, 0.15) is 38.0 Å². The van der Waals surface area contributed by atoms with Gasteiger partial charge in [-0.15, -0.1) is 0 Å². The summed E-state index contributed by atoms with van der Waals surface area (Å²) in [4.78, 5) is 4.19. The molecule has 0 aliphatic rings. The molecule has 19 heavy (non-hydrogen) atoms. The van der Waals surface area contributed by atoms with Gasteiger partial charge in [-0.05, 0) is 32.4 Å². The first-order valence-corrected chi connectivity index (χ1v) is 6.42. The lowest BCUT2D eigenvalue weighted by molar-refractivity contribution is 0.220. The second kappa shape index (κ2) is 5.41. The van der Waals surface area contributed by atoms with Crippen LogP contribution >= 0.6 is 0 Å². The lowest BCUT2D eigenvalue weighted by Crippen LogP contribution is -2.26. The van der Waals surface area contributed by atoms with Crippen LogP contribution in [0.3, 0.4) is 0 Å². The predicted octanol–water partition coefficient (Wildman–Crippen LogP) is 3.37. The molecule has 100 valence electrons. The van der Waals surface area contributed by atoms with Gasteiger partial charge in [0.2, 0.25) is 0 Å². The van der Waals surface area contributed by atoms with Crippen molar-refractivity contribution in [2.24, 2.45) is 0 Å². The number of nitrogens with zero attached hydrogens (tertiary/aromatic N) is 1.